The smallest absolute Gasteiger partial charge is 0.222 e. The molecule has 0 unspecified atom stereocenters. The SMILES string of the molecule is CCCCCNc1nc(N)nc(C)c1Cc1ccc(CNC)cc1C. The summed E-state index contributed by atoms with van der Waals surface area (Å²) in [6, 6.07) is 6.63. The molecule has 1 heterocycles. The van der Waals surface area contributed by atoms with Gasteiger partial charge in [0.1, 0.15) is 5.82 Å². The molecule has 136 valence electrons. The van der Waals surface area contributed by atoms with Gasteiger partial charge < -0.3 is 16.4 Å². The Labute approximate surface area is 151 Å². The van der Waals surface area contributed by atoms with Crippen molar-refractivity contribution >= 4 is 11.8 Å². The third-order valence-corrected chi connectivity index (χ3v) is 4.46. The van der Waals surface area contributed by atoms with E-state index in [4.69, 9.17) is 5.73 Å². The number of aromatic nitrogens is 2. The van der Waals surface area contributed by atoms with Gasteiger partial charge in [-0.15, -0.1) is 0 Å². The van der Waals surface area contributed by atoms with Crippen molar-refractivity contribution in [1.82, 2.24) is 15.3 Å². The Bertz CT molecular complexity index is 697. The standard InChI is InChI=1S/C20H31N5/c1-5-6-7-10-23-19-18(15(3)24-20(21)25-19)12-17-9-8-16(13-22-4)11-14(17)2/h8-9,11,22H,5-7,10,12-13H2,1-4H3,(H3,21,23,24,25). The molecule has 2 aromatic rings. The van der Waals surface area contributed by atoms with Crippen LogP contribution < -0.4 is 16.4 Å². The number of benzene rings is 1. The van der Waals surface area contributed by atoms with Crippen molar-refractivity contribution in [2.24, 2.45) is 0 Å². The van der Waals surface area contributed by atoms with Crippen LogP contribution in [0.25, 0.3) is 0 Å². The molecule has 4 N–H and O–H groups in total. The highest BCUT2D eigenvalue weighted by molar-refractivity contribution is 5.52. The van der Waals surface area contributed by atoms with E-state index in [1.54, 1.807) is 0 Å². The molecule has 0 aliphatic carbocycles. The van der Waals surface area contributed by atoms with Crippen LogP contribution in [0, 0.1) is 13.8 Å². The van der Waals surface area contributed by atoms with Gasteiger partial charge in [-0.3, -0.25) is 0 Å². The predicted molar refractivity (Wildman–Crippen MR) is 106 cm³/mol. The van der Waals surface area contributed by atoms with E-state index in [-0.39, 0.29) is 0 Å². The van der Waals surface area contributed by atoms with Gasteiger partial charge in [-0.05, 0) is 44.0 Å². The molecular formula is C20H31N5. The minimum absolute atomic E-state index is 0.334. The van der Waals surface area contributed by atoms with Crippen molar-refractivity contribution in [3.63, 3.8) is 0 Å². The topological polar surface area (TPSA) is 75.9 Å². The predicted octanol–water partition coefficient (Wildman–Crippen LogP) is 3.59. The number of nitrogen functional groups attached to an aromatic ring is 1. The maximum Gasteiger partial charge on any atom is 0.222 e. The quantitative estimate of drug-likeness (QED) is 0.608. The lowest BCUT2D eigenvalue weighted by atomic mass is 9.98. The largest absolute Gasteiger partial charge is 0.370 e. The highest BCUT2D eigenvalue weighted by Gasteiger charge is 2.12. The summed E-state index contributed by atoms with van der Waals surface area (Å²) in [5.41, 5.74) is 11.8. The van der Waals surface area contributed by atoms with E-state index < -0.39 is 0 Å². The minimum atomic E-state index is 0.334. The summed E-state index contributed by atoms with van der Waals surface area (Å²) in [5, 5.41) is 6.65. The molecule has 0 aliphatic heterocycles. The van der Waals surface area contributed by atoms with Crippen LogP contribution in [0.15, 0.2) is 18.2 Å². The Morgan fingerprint density at radius 1 is 1.12 bits per heavy atom. The van der Waals surface area contributed by atoms with Gasteiger partial charge in [-0.25, -0.2) is 4.98 Å². The van der Waals surface area contributed by atoms with Crippen LogP contribution >= 0.6 is 0 Å². The molecule has 0 aliphatic rings. The first-order valence-electron chi connectivity index (χ1n) is 9.15. The third-order valence-electron chi connectivity index (χ3n) is 4.46. The average Bonchev–Trinajstić information content (AvgIpc) is 2.56. The molecule has 5 nitrogen and oxygen atoms in total. The number of unbranched alkanes of at least 4 members (excludes halogenated alkanes) is 2. The Balaban J connectivity index is 2.22. The van der Waals surface area contributed by atoms with Gasteiger partial charge in [0.25, 0.3) is 0 Å². The van der Waals surface area contributed by atoms with Crippen molar-refractivity contribution in [3.05, 3.63) is 46.1 Å². The molecule has 0 fully saturated rings. The lowest BCUT2D eigenvalue weighted by molar-refractivity contribution is 0.741. The normalized spacial score (nSPS) is 10.9. The van der Waals surface area contributed by atoms with Gasteiger partial charge in [0.15, 0.2) is 0 Å². The molecule has 5 heteroatoms. The number of rotatable bonds is 9. The van der Waals surface area contributed by atoms with E-state index in [2.05, 4.69) is 52.6 Å². The van der Waals surface area contributed by atoms with Crippen molar-refractivity contribution in [3.8, 4) is 0 Å². The third kappa shape index (κ3) is 5.43. The highest BCUT2D eigenvalue weighted by Crippen LogP contribution is 2.23. The maximum absolute atomic E-state index is 5.87. The van der Waals surface area contributed by atoms with Gasteiger partial charge in [-0.2, -0.15) is 4.98 Å². The van der Waals surface area contributed by atoms with E-state index in [1.807, 2.05) is 14.0 Å². The van der Waals surface area contributed by atoms with Crippen LogP contribution in [-0.2, 0) is 13.0 Å². The second-order valence-corrected chi connectivity index (χ2v) is 6.60. The molecule has 0 saturated carbocycles. The van der Waals surface area contributed by atoms with Gasteiger partial charge in [0.05, 0.1) is 0 Å². The number of nitrogens with zero attached hydrogens (tertiary/aromatic N) is 2. The number of hydrogen-bond acceptors (Lipinski definition) is 5. The number of anilines is 2. The fraction of sp³-hybridized carbons (Fsp3) is 0.500. The highest BCUT2D eigenvalue weighted by atomic mass is 15.1. The van der Waals surface area contributed by atoms with Crippen LogP contribution in [-0.4, -0.2) is 23.6 Å². The van der Waals surface area contributed by atoms with E-state index in [0.717, 1.165) is 43.0 Å². The fourth-order valence-electron chi connectivity index (χ4n) is 3.02. The molecule has 0 bridgehead atoms. The summed E-state index contributed by atoms with van der Waals surface area (Å²) in [4.78, 5) is 8.82. The van der Waals surface area contributed by atoms with Gasteiger partial charge in [0.2, 0.25) is 5.95 Å². The summed E-state index contributed by atoms with van der Waals surface area (Å²) in [6.45, 7) is 8.18. The Morgan fingerprint density at radius 3 is 2.60 bits per heavy atom. The number of aryl methyl sites for hydroxylation is 2. The van der Waals surface area contributed by atoms with E-state index in [9.17, 15) is 0 Å². The van der Waals surface area contributed by atoms with E-state index in [0.29, 0.717) is 5.95 Å². The average molecular weight is 342 g/mol. The van der Waals surface area contributed by atoms with Crippen LogP contribution in [0.4, 0.5) is 11.8 Å². The Morgan fingerprint density at radius 2 is 1.92 bits per heavy atom. The van der Waals surface area contributed by atoms with Crippen LogP contribution in [0.2, 0.25) is 0 Å². The minimum Gasteiger partial charge on any atom is -0.370 e. The molecule has 0 amide bonds. The molecule has 0 saturated heterocycles. The molecule has 0 radical (unpaired) electrons. The molecule has 25 heavy (non-hydrogen) atoms. The number of hydrogen-bond donors (Lipinski definition) is 3. The zero-order chi connectivity index (χ0) is 18.2. The van der Waals surface area contributed by atoms with Gasteiger partial charge >= 0.3 is 0 Å². The first-order valence-corrected chi connectivity index (χ1v) is 9.15. The number of nitrogens with one attached hydrogen (secondary N) is 2. The van der Waals surface area contributed by atoms with Crippen LogP contribution in [0.5, 0.6) is 0 Å². The molecule has 0 atom stereocenters. The fourth-order valence-corrected chi connectivity index (χ4v) is 3.02. The molecule has 0 spiro atoms. The van der Waals surface area contributed by atoms with Crippen LogP contribution in [0.1, 0.15) is 54.1 Å². The van der Waals surface area contributed by atoms with Crippen molar-refractivity contribution < 1.29 is 0 Å². The maximum atomic E-state index is 5.87. The van der Waals surface area contributed by atoms with Crippen LogP contribution in [0.3, 0.4) is 0 Å². The zero-order valence-electron chi connectivity index (χ0n) is 15.9. The first kappa shape index (κ1) is 19.2. The summed E-state index contributed by atoms with van der Waals surface area (Å²) >= 11 is 0. The van der Waals surface area contributed by atoms with Crippen molar-refractivity contribution in [2.45, 2.75) is 53.0 Å². The van der Waals surface area contributed by atoms with Gasteiger partial charge in [-0.1, -0.05) is 38.0 Å². The summed E-state index contributed by atoms with van der Waals surface area (Å²) < 4.78 is 0. The molecule has 1 aromatic carbocycles. The monoisotopic (exact) mass is 341 g/mol. The lowest BCUT2D eigenvalue weighted by Gasteiger charge is -2.15. The van der Waals surface area contributed by atoms with E-state index in [1.165, 1.54) is 29.5 Å². The molecule has 1 aromatic heterocycles. The Kier molecular flexibility index (Phi) is 7.19. The second-order valence-electron chi connectivity index (χ2n) is 6.60. The number of nitrogens with two attached hydrogens (primary N) is 1. The van der Waals surface area contributed by atoms with Crippen molar-refractivity contribution in [1.29, 1.82) is 0 Å². The van der Waals surface area contributed by atoms with Crippen molar-refractivity contribution in [2.75, 3.05) is 24.6 Å². The molecule has 2 rings (SSSR count). The van der Waals surface area contributed by atoms with E-state index >= 15 is 0 Å². The molecular weight excluding hydrogens is 310 g/mol. The summed E-state index contributed by atoms with van der Waals surface area (Å²) in [5.74, 6) is 1.21. The zero-order valence-corrected chi connectivity index (χ0v) is 15.9. The summed E-state index contributed by atoms with van der Waals surface area (Å²) in [6.07, 6.45) is 4.37. The first-order chi connectivity index (χ1) is 12.0. The van der Waals surface area contributed by atoms with Gasteiger partial charge in [0, 0.05) is 30.8 Å². The summed E-state index contributed by atoms with van der Waals surface area (Å²) in [7, 11) is 1.97. The second kappa shape index (κ2) is 9.37. The Hall–Kier alpha value is -2.14. The lowest BCUT2D eigenvalue weighted by Crippen LogP contribution is -2.12.